The molecule has 0 aliphatic carbocycles. The van der Waals surface area contributed by atoms with Crippen molar-refractivity contribution in [3.63, 3.8) is 0 Å². The molecule has 0 radical (unpaired) electrons. The smallest absolute Gasteiger partial charge is 0.333 e. The average molecular weight is 296 g/mol. The van der Waals surface area contributed by atoms with Crippen molar-refractivity contribution in [3.05, 3.63) is 38.0 Å². The summed E-state index contributed by atoms with van der Waals surface area (Å²) in [6.07, 6.45) is 2.77. The molecule has 0 aliphatic rings. The molecule has 0 aromatic heterocycles. The lowest BCUT2D eigenvalue weighted by molar-refractivity contribution is -0.274. The predicted molar refractivity (Wildman–Crippen MR) is 75.9 cm³/mol. The Morgan fingerprint density at radius 3 is 1.52 bits per heavy atom. The largest absolute Gasteiger partial charge is 0.454 e. The van der Waals surface area contributed by atoms with Crippen LogP contribution in [0.25, 0.3) is 0 Å². The van der Waals surface area contributed by atoms with E-state index in [9.17, 15) is 14.4 Å². The van der Waals surface area contributed by atoms with Crippen LogP contribution in [0.4, 0.5) is 0 Å². The molecule has 116 valence electrons. The monoisotopic (exact) mass is 296 g/mol. The van der Waals surface area contributed by atoms with E-state index in [1.807, 2.05) is 0 Å². The SMILES string of the molecule is C=CC(=O)OCC(OC(=O)C=C)(OC(=O)C=C)C(C)(C)C. The zero-order valence-corrected chi connectivity index (χ0v) is 12.5. The molecule has 0 fully saturated rings. The Hall–Kier alpha value is -2.37. The minimum Gasteiger partial charge on any atom is -0.454 e. The molecule has 0 N–H and O–H groups in total. The molecule has 0 aromatic rings. The normalized spacial score (nSPS) is 11.0. The van der Waals surface area contributed by atoms with E-state index in [2.05, 4.69) is 19.7 Å². The summed E-state index contributed by atoms with van der Waals surface area (Å²) in [4.78, 5) is 34.3. The number of esters is 3. The van der Waals surface area contributed by atoms with Gasteiger partial charge in [0.2, 0.25) is 0 Å². The van der Waals surface area contributed by atoms with E-state index in [-0.39, 0.29) is 0 Å². The highest BCUT2D eigenvalue weighted by molar-refractivity contribution is 5.84. The number of carbonyl (C=O) groups excluding carboxylic acids is 3. The third-order valence-corrected chi connectivity index (χ3v) is 2.58. The summed E-state index contributed by atoms with van der Waals surface area (Å²) in [5.41, 5.74) is -0.883. The van der Waals surface area contributed by atoms with E-state index in [1.54, 1.807) is 20.8 Å². The van der Waals surface area contributed by atoms with Crippen molar-refractivity contribution in [1.29, 1.82) is 0 Å². The van der Waals surface area contributed by atoms with Gasteiger partial charge in [-0.3, -0.25) is 0 Å². The van der Waals surface area contributed by atoms with Crippen LogP contribution in [0.3, 0.4) is 0 Å². The highest BCUT2D eigenvalue weighted by Crippen LogP contribution is 2.36. The molecule has 0 aromatic carbocycles. The molecular formula is C15H20O6. The topological polar surface area (TPSA) is 78.9 Å². The second-order valence-corrected chi connectivity index (χ2v) is 5.07. The quantitative estimate of drug-likeness (QED) is 0.406. The maximum absolute atomic E-state index is 11.5. The van der Waals surface area contributed by atoms with Gasteiger partial charge in [0.25, 0.3) is 5.79 Å². The van der Waals surface area contributed by atoms with E-state index < -0.39 is 35.7 Å². The second kappa shape index (κ2) is 7.42. The maximum Gasteiger partial charge on any atom is 0.333 e. The summed E-state index contributed by atoms with van der Waals surface area (Å²) in [6.45, 7) is 14.3. The molecule has 0 bridgehead atoms. The fourth-order valence-electron chi connectivity index (χ4n) is 1.24. The Morgan fingerprint density at radius 2 is 1.24 bits per heavy atom. The minimum atomic E-state index is -1.82. The van der Waals surface area contributed by atoms with Gasteiger partial charge in [0.1, 0.15) is 0 Å². The van der Waals surface area contributed by atoms with E-state index in [4.69, 9.17) is 14.2 Å². The molecule has 6 nitrogen and oxygen atoms in total. The Bertz CT molecular complexity index is 433. The molecule has 0 heterocycles. The van der Waals surface area contributed by atoms with Crippen LogP contribution in [0.2, 0.25) is 0 Å². The number of rotatable bonds is 7. The van der Waals surface area contributed by atoms with Gasteiger partial charge in [0.05, 0.1) is 0 Å². The summed E-state index contributed by atoms with van der Waals surface area (Å²) >= 11 is 0. The van der Waals surface area contributed by atoms with Crippen molar-refractivity contribution in [2.75, 3.05) is 6.61 Å². The first-order chi connectivity index (χ1) is 9.61. The Kier molecular flexibility index (Phi) is 6.58. The number of hydrogen-bond donors (Lipinski definition) is 0. The summed E-state index contributed by atoms with van der Waals surface area (Å²) in [5.74, 6) is -4.21. The fraction of sp³-hybridized carbons (Fsp3) is 0.400. The molecule has 0 amide bonds. The van der Waals surface area contributed by atoms with Crippen LogP contribution in [0, 0.1) is 5.41 Å². The van der Waals surface area contributed by atoms with Gasteiger partial charge in [-0.2, -0.15) is 0 Å². The summed E-state index contributed by atoms with van der Waals surface area (Å²) in [6, 6.07) is 0. The Morgan fingerprint density at radius 1 is 0.857 bits per heavy atom. The molecule has 0 saturated heterocycles. The van der Waals surface area contributed by atoms with Crippen LogP contribution in [-0.2, 0) is 28.6 Å². The van der Waals surface area contributed by atoms with Crippen molar-refractivity contribution < 1.29 is 28.6 Å². The molecule has 0 unspecified atom stereocenters. The van der Waals surface area contributed by atoms with Gasteiger partial charge in [0.15, 0.2) is 6.61 Å². The van der Waals surface area contributed by atoms with E-state index >= 15 is 0 Å². The summed E-state index contributed by atoms with van der Waals surface area (Å²) in [5, 5.41) is 0. The lowest BCUT2D eigenvalue weighted by atomic mass is 9.85. The summed E-state index contributed by atoms with van der Waals surface area (Å²) < 4.78 is 15.2. The van der Waals surface area contributed by atoms with Crippen LogP contribution >= 0.6 is 0 Å². The third-order valence-electron chi connectivity index (χ3n) is 2.58. The second-order valence-electron chi connectivity index (χ2n) is 5.07. The fourth-order valence-corrected chi connectivity index (χ4v) is 1.24. The molecular weight excluding hydrogens is 276 g/mol. The molecule has 0 rings (SSSR count). The van der Waals surface area contributed by atoms with Crippen LogP contribution in [0.5, 0.6) is 0 Å². The van der Waals surface area contributed by atoms with Crippen molar-refractivity contribution in [2.24, 2.45) is 5.41 Å². The first-order valence-corrected chi connectivity index (χ1v) is 6.12. The van der Waals surface area contributed by atoms with Gasteiger partial charge in [0, 0.05) is 23.6 Å². The molecule has 21 heavy (non-hydrogen) atoms. The van der Waals surface area contributed by atoms with Crippen molar-refractivity contribution in [3.8, 4) is 0 Å². The first kappa shape index (κ1) is 18.6. The third kappa shape index (κ3) is 5.25. The van der Waals surface area contributed by atoms with Crippen LogP contribution < -0.4 is 0 Å². The zero-order chi connectivity index (χ0) is 16.7. The lowest BCUT2D eigenvalue weighted by Crippen LogP contribution is -2.54. The van der Waals surface area contributed by atoms with Crippen LogP contribution in [0.1, 0.15) is 20.8 Å². The van der Waals surface area contributed by atoms with Gasteiger partial charge in [-0.1, -0.05) is 40.5 Å². The zero-order valence-electron chi connectivity index (χ0n) is 12.5. The standard InChI is InChI=1S/C15H20O6/c1-7-11(16)19-10-15(14(4,5)6,20-12(17)8-2)21-13(18)9-3/h7-9H,1-3,10H2,4-6H3. The van der Waals surface area contributed by atoms with E-state index in [0.29, 0.717) is 0 Å². The highest BCUT2D eigenvalue weighted by Gasteiger charge is 2.50. The first-order valence-electron chi connectivity index (χ1n) is 6.12. The molecule has 0 saturated carbocycles. The Balaban J connectivity index is 5.59. The van der Waals surface area contributed by atoms with Crippen LogP contribution in [0.15, 0.2) is 38.0 Å². The Labute approximate surface area is 124 Å². The maximum atomic E-state index is 11.5. The van der Waals surface area contributed by atoms with Crippen molar-refractivity contribution in [1.82, 2.24) is 0 Å². The number of ether oxygens (including phenoxy) is 3. The number of hydrogen-bond acceptors (Lipinski definition) is 6. The average Bonchev–Trinajstić information content (AvgIpc) is 2.42. The minimum absolute atomic E-state index is 0.486. The van der Waals surface area contributed by atoms with Crippen molar-refractivity contribution >= 4 is 17.9 Å². The molecule has 0 atom stereocenters. The highest BCUT2D eigenvalue weighted by atomic mass is 16.8. The van der Waals surface area contributed by atoms with Gasteiger partial charge in [-0.05, 0) is 0 Å². The predicted octanol–water partition coefficient (Wildman–Crippen LogP) is 1.92. The van der Waals surface area contributed by atoms with Crippen LogP contribution in [-0.4, -0.2) is 30.3 Å². The summed E-state index contributed by atoms with van der Waals surface area (Å²) in [7, 11) is 0. The van der Waals surface area contributed by atoms with Gasteiger partial charge in [-0.25, -0.2) is 14.4 Å². The van der Waals surface area contributed by atoms with Gasteiger partial charge < -0.3 is 14.2 Å². The van der Waals surface area contributed by atoms with E-state index in [0.717, 1.165) is 18.2 Å². The van der Waals surface area contributed by atoms with Gasteiger partial charge in [-0.15, -0.1) is 0 Å². The van der Waals surface area contributed by atoms with E-state index in [1.165, 1.54) is 0 Å². The molecule has 6 heteroatoms. The van der Waals surface area contributed by atoms with Gasteiger partial charge >= 0.3 is 17.9 Å². The van der Waals surface area contributed by atoms with Crippen molar-refractivity contribution in [2.45, 2.75) is 26.6 Å². The number of carbonyl (C=O) groups is 3. The molecule has 0 aliphatic heterocycles. The molecule has 0 spiro atoms. The lowest BCUT2D eigenvalue weighted by Gasteiger charge is -2.41.